The lowest BCUT2D eigenvalue weighted by atomic mass is 10.0. The summed E-state index contributed by atoms with van der Waals surface area (Å²) in [7, 11) is 1.77. The SMILES string of the molecule is CC(C)c1ccc(Oc2ccc(NC(=O)CN(C)C(COc3ccccc3Cl)c3nn[nH]n3)cc2Cl)cc1. The van der Waals surface area contributed by atoms with E-state index in [2.05, 4.69) is 39.8 Å². The second-order valence-electron chi connectivity index (χ2n) is 8.96. The third kappa shape index (κ3) is 7.22. The molecule has 0 saturated carbocycles. The number of hydrogen-bond donors (Lipinski definition) is 2. The number of nitrogens with one attached hydrogen (secondary N) is 2. The van der Waals surface area contributed by atoms with Crippen LogP contribution in [0.1, 0.15) is 37.2 Å². The molecule has 0 radical (unpaired) electrons. The van der Waals surface area contributed by atoms with Gasteiger partial charge in [-0.05, 0) is 61.0 Å². The molecule has 2 N–H and O–H groups in total. The fourth-order valence-corrected chi connectivity index (χ4v) is 4.10. The number of carbonyl (C=O) groups excluding carboxylic acids is 1. The number of tetrazole rings is 1. The minimum atomic E-state index is -0.461. The Bertz CT molecular complexity index is 1350. The fraction of sp³-hybridized carbons (Fsp3) is 0.259. The van der Waals surface area contributed by atoms with Gasteiger partial charge in [0, 0.05) is 5.69 Å². The number of likely N-dealkylation sites (N-methyl/N-ethyl adjacent to an activating group) is 1. The molecule has 4 aromatic rings. The summed E-state index contributed by atoms with van der Waals surface area (Å²) in [6.45, 7) is 4.46. The van der Waals surface area contributed by atoms with E-state index in [9.17, 15) is 4.79 Å². The summed E-state index contributed by atoms with van der Waals surface area (Å²) in [6, 6.07) is 19.7. The number of rotatable bonds is 11. The Morgan fingerprint density at radius 1 is 1.03 bits per heavy atom. The zero-order chi connectivity index (χ0) is 27.1. The van der Waals surface area contributed by atoms with Gasteiger partial charge in [0.2, 0.25) is 5.91 Å². The first-order valence-electron chi connectivity index (χ1n) is 12.0. The first-order valence-corrected chi connectivity index (χ1v) is 12.7. The summed E-state index contributed by atoms with van der Waals surface area (Å²) in [6.07, 6.45) is 0. The number of ether oxygens (including phenoxy) is 2. The van der Waals surface area contributed by atoms with Gasteiger partial charge in [0.25, 0.3) is 0 Å². The Hall–Kier alpha value is -3.66. The number of para-hydroxylation sites is 1. The summed E-state index contributed by atoms with van der Waals surface area (Å²) >= 11 is 12.6. The van der Waals surface area contributed by atoms with E-state index in [-0.39, 0.29) is 19.1 Å². The number of benzene rings is 3. The van der Waals surface area contributed by atoms with E-state index >= 15 is 0 Å². The van der Waals surface area contributed by atoms with E-state index in [0.717, 1.165) is 0 Å². The molecule has 0 bridgehead atoms. The van der Waals surface area contributed by atoms with Crippen molar-refractivity contribution in [1.82, 2.24) is 25.5 Å². The number of anilines is 1. The maximum absolute atomic E-state index is 12.8. The van der Waals surface area contributed by atoms with Crippen molar-refractivity contribution >= 4 is 34.8 Å². The van der Waals surface area contributed by atoms with Crippen molar-refractivity contribution in [3.8, 4) is 17.2 Å². The zero-order valence-corrected chi connectivity index (χ0v) is 22.7. The largest absolute Gasteiger partial charge is 0.490 e. The summed E-state index contributed by atoms with van der Waals surface area (Å²) in [5.74, 6) is 2.26. The van der Waals surface area contributed by atoms with E-state index in [1.165, 1.54) is 5.56 Å². The van der Waals surface area contributed by atoms with Gasteiger partial charge in [0.15, 0.2) is 5.82 Å². The molecule has 4 rings (SSSR count). The number of nitrogens with zero attached hydrogens (tertiary/aromatic N) is 4. The predicted molar refractivity (Wildman–Crippen MR) is 147 cm³/mol. The zero-order valence-electron chi connectivity index (χ0n) is 21.2. The maximum atomic E-state index is 12.8. The van der Waals surface area contributed by atoms with Gasteiger partial charge in [-0.25, -0.2) is 0 Å². The summed E-state index contributed by atoms with van der Waals surface area (Å²) in [5.41, 5.74) is 1.77. The Kier molecular flexibility index (Phi) is 9.17. The van der Waals surface area contributed by atoms with Gasteiger partial charge in [-0.2, -0.15) is 5.21 Å². The Morgan fingerprint density at radius 2 is 1.79 bits per heavy atom. The average molecular weight is 555 g/mol. The van der Waals surface area contributed by atoms with Crippen LogP contribution in [0.2, 0.25) is 10.0 Å². The molecule has 11 heteroatoms. The molecule has 1 amide bonds. The number of aromatic amines is 1. The molecule has 0 saturated heterocycles. The van der Waals surface area contributed by atoms with Crippen molar-refractivity contribution in [2.24, 2.45) is 0 Å². The van der Waals surface area contributed by atoms with Crippen LogP contribution in [0.4, 0.5) is 5.69 Å². The molecule has 0 aliphatic carbocycles. The van der Waals surface area contributed by atoms with Crippen LogP contribution >= 0.6 is 23.2 Å². The minimum Gasteiger partial charge on any atom is -0.490 e. The highest BCUT2D eigenvalue weighted by Gasteiger charge is 2.24. The number of aromatic nitrogens is 4. The van der Waals surface area contributed by atoms with Crippen LogP contribution in [0.3, 0.4) is 0 Å². The second kappa shape index (κ2) is 12.7. The topological polar surface area (TPSA) is 105 Å². The standard InChI is InChI=1S/C27H28Cl2N6O3/c1-17(2)18-8-11-20(12-9-18)38-25-13-10-19(14-22(25)29)30-26(36)15-35(3)23(27-31-33-34-32-27)16-37-24-7-5-4-6-21(24)28/h4-14,17,23H,15-16H2,1-3H3,(H,30,36)(H,31,32,33,34). The molecule has 0 aliphatic heterocycles. The van der Waals surface area contributed by atoms with Crippen LogP contribution in [0, 0.1) is 0 Å². The number of hydrogen-bond acceptors (Lipinski definition) is 7. The number of carbonyl (C=O) groups is 1. The molecule has 198 valence electrons. The van der Waals surface area contributed by atoms with E-state index in [1.54, 1.807) is 42.3 Å². The molecular weight excluding hydrogens is 527 g/mol. The van der Waals surface area contributed by atoms with Gasteiger partial charge < -0.3 is 14.8 Å². The van der Waals surface area contributed by atoms with Gasteiger partial charge in [0.1, 0.15) is 29.9 Å². The van der Waals surface area contributed by atoms with Crippen LogP contribution in [-0.4, -0.2) is 51.6 Å². The molecule has 9 nitrogen and oxygen atoms in total. The summed E-state index contributed by atoms with van der Waals surface area (Å²) < 4.78 is 11.8. The van der Waals surface area contributed by atoms with Crippen LogP contribution < -0.4 is 14.8 Å². The van der Waals surface area contributed by atoms with Gasteiger partial charge in [-0.1, -0.05) is 66.5 Å². The highest BCUT2D eigenvalue weighted by molar-refractivity contribution is 6.32. The average Bonchev–Trinajstić information content (AvgIpc) is 3.42. The first kappa shape index (κ1) is 27.4. The van der Waals surface area contributed by atoms with Crippen molar-refractivity contribution in [3.63, 3.8) is 0 Å². The molecule has 0 spiro atoms. The van der Waals surface area contributed by atoms with Crippen molar-refractivity contribution in [2.75, 3.05) is 25.5 Å². The Morgan fingerprint density at radius 3 is 2.45 bits per heavy atom. The van der Waals surface area contributed by atoms with Gasteiger partial charge >= 0.3 is 0 Å². The summed E-state index contributed by atoms with van der Waals surface area (Å²) in [4.78, 5) is 14.6. The Labute approximate surface area is 231 Å². The predicted octanol–water partition coefficient (Wildman–Crippen LogP) is 6.11. The summed E-state index contributed by atoms with van der Waals surface area (Å²) in [5, 5.41) is 17.9. The fourth-order valence-electron chi connectivity index (χ4n) is 3.69. The van der Waals surface area contributed by atoms with Gasteiger partial charge in [-0.15, -0.1) is 10.2 Å². The van der Waals surface area contributed by atoms with Crippen LogP contribution in [0.15, 0.2) is 66.7 Å². The van der Waals surface area contributed by atoms with Crippen molar-refractivity contribution < 1.29 is 14.3 Å². The molecule has 1 aromatic heterocycles. The third-order valence-corrected chi connectivity index (χ3v) is 6.42. The molecule has 0 fully saturated rings. The lowest BCUT2D eigenvalue weighted by Crippen LogP contribution is -2.36. The van der Waals surface area contributed by atoms with E-state index in [0.29, 0.717) is 44.7 Å². The van der Waals surface area contributed by atoms with Crippen molar-refractivity contribution in [2.45, 2.75) is 25.8 Å². The normalized spacial score (nSPS) is 12.0. The van der Waals surface area contributed by atoms with Crippen molar-refractivity contribution in [1.29, 1.82) is 0 Å². The number of halogens is 2. The van der Waals surface area contributed by atoms with Crippen molar-refractivity contribution in [3.05, 3.63) is 88.2 Å². The third-order valence-electron chi connectivity index (χ3n) is 5.81. The smallest absolute Gasteiger partial charge is 0.238 e. The van der Waals surface area contributed by atoms with Gasteiger partial charge in [-0.3, -0.25) is 9.69 Å². The molecule has 1 unspecified atom stereocenters. The van der Waals surface area contributed by atoms with Crippen LogP contribution in [-0.2, 0) is 4.79 Å². The maximum Gasteiger partial charge on any atom is 0.238 e. The quantitative estimate of drug-likeness (QED) is 0.230. The monoisotopic (exact) mass is 554 g/mol. The lowest BCUT2D eigenvalue weighted by Gasteiger charge is -2.25. The molecule has 3 aromatic carbocycles. The van der Waals surface area contributed by atoms with E-state index < -0.39 is 6.04 Å². The molecule has 1 atom stereocenters. The van der Waals surface area contributed by atoms with E-state index in [4.69, 9.17) is 32.7 Å². The lowest BCUT2D eigenvalue weighted by molar-refractivity contribution is -0.117. The second-order valence-corrected chi connectivity index (χ2v) is 9.78. The molecular formula is C27H28Cl2N6O3. The Balaban J connectivity index is 1.37. The number of amides is 1. The molecule has 0 aliphatic rings. The molecule has 38 heavy (non-hydrogen) atoms. The van der Waals surface area contributed by atoms with Crippen LogP contribution in [0.5, 0.6) is 17.2 Å². The van der Waals surface area contributed by atoms with E-state index in [1.807, 2.05) is 36.4 Å². The highest BCUT2D eigenvalue weighted by atomic mass is 35.5. The van der Waals surface area contributed by atoms with Crippen LogP contribution in [0.25, 0.3) is 0 Å². The first-order chi connectivity index (χ1) is 18.3. The molecule has 1 heterocycles. The minimum absolute atomic E-state index is 0.0309. The van der Waals surface area contributed by atoms with Gasteiger partial charge in [0.05, 0.1) is 16.6 Å². The number of H-pyrrole nitrogens is 1. The highest BCUT2D eigenvalue weighted by Crippen LogP contribution is 2.32.